The maximum atomic E-state index is 12.3. The van der Waals surface area contributed by atoms with E-state index in [4.69, 9.17) is 4.74 Å². The number of thiophene rings is 2. The molecule has 0 unspecified atom stereocenters. The van der Waals surface area contributed by atoms with Crippen LogP contribution in [0.4, 0.5) is 0 Å². The molecule has 3 rings (SSSR count). The van der Waals surface area contributed by atoms with E-state index in [2.05, 4.69) is 5.32 Å². The summed E-state index contributed by atoms with van der Waals surface area (Å²) in [4.78, 5) is 26.8. The van der Waals surface area contributed by atoms with Crippen LogP contribution in [0.3, 0.4) is 0 Å². The van der Waals surface area contributed by atoms with Crippen molar-refractivity contribution in [2.45, 2.75) is 6.54 Å². The molecule has 0 aliphatic rings. The molecule has 0 radical (unpaired) electrons. The van der Waals surface area contributed by atoms with E-state index >= 15 is 0 Å². The maximum absolute atomic E-state index is 12.3. The van der Waals surface area contributed by atoms with E-state index in [1.54, 1.807) is 31.4 Å². The minimum Gasteiger partial charge on any atom is -0.497 e. The molecule has 0 saturated heterocycles. The van der Waals surface area contributed by atoms with Gasteiger partial charge in [-0.15, -0.1) is 22.7 Å². The first kappa shape index (κ1) is 16.4. The Morgan fingerprint density at radius 1 is 1.04 bits per heavy atom. The molecule has 3 aromatic rings. The van der Waals surface area contributed by atoms with Gasteiger partial charge in [-0.1, -0.05) is 6.07 Å². The van der Waals surface area contributed by atoms with Crippen molar-refractivity contribution < 1.29 is 14.3 Å². The normalized spacial score (nSPS) is 10.4. The molecular formula is C18H15NO3S2. The molecule has 1 N–H and O–H groups in total. The summed E-state index contributed by atoms with van der Waals surface area (Å²) >= 11 is 2.84. The van der Waals surface area contributed by atoms with Crippen LogP contribution in [0.2, 0.25) is 0 Å². The second-order valence-electron chi connectivity index (χ2n) is 4.98. The van der Waals surface area contributed by atoms with Crippen LogP contribution >= 0.6 is 22.7 Å². The van der Waals surface area contributed by atoms with Crippen molar-refractivity contribution in [2.75, 3.05) is 7.11 Å². The van der Waals surface area contributed by atoms with Crippen LogP contribution in [0.5, 0.6) is 5.75 Å². The highest BCUT2D eigenvalue weighted by molar-refractivity contribution is 7.16. The minimum absolute atomic E-state index is 0.0303. The van der Waals surface area contributed by atoms with Gasteiger partial charge >= 0.3 is 0 Å². The predicted octanol–water partition coefficient (Wildman–Crippen LogP) is 3.98. The van der Waals surface area contributed by atoms with Crippen molar-refractivity contribution in [3.63, 3.8) is 0 Å². The lowest BCUT2D eigenvalue weighted by molar-refractivity contribution is 0.0950. The number of ketones is 1. The molecule has 0 aliphatic heterocycles. The number of hydrogen-bond donors (Lipinski definition) is 1. The summed E-state index contributed by atoms with van der Waals surface area (Å²) in [6.07, 6.45) is 0. The number of nitrogens with one attached hydrogen (secondary N) is 1. The van der Waals surface area contributed by atoms with Crippen molar-refractivity contribution in [1.29, 1.82) is 0 Å². The molecule has 0 aliphatic carbocycles. The molecule has 24 heavy (non-hydrogen) atoms. The first-order valence-electron chi connectivity index (χ1n) is 7.26. The highest BCUT2D eigenvalue weighted by Crippen LogP contribution is 2.22. The summed E-state index contributed by atoms with van der Waals surface area (Å²) < 4.78 is 5.07. The molecular weight excluding hydrogens is 342 g/mol. The van der Waals surface area contributed by atoms with Crippen LogP contribution in [0.1, 0.15) is 29.8 Å². The number of carbonyl (C=O) groups is 2. The van der Waals surface area contributed by atoms with Crippen molar-refractivity contribution in [2.24, 2.45) is 0 Å². The summed E-state index contributed by atoms with van der Waals surface area (Å²) in [6, 6.07) is 14.3. The van der Waals surface area contributed by atoms with Crippen molar-refractivity contribution in [3.05, 3.63) is 74.1 Å². The van der Waals surface area contributed by atoms with E-state index in [9.17, 15) is 9.59 Å². The summed E-state index contributed by atoms with van der Waals surface area (Å²) in [5.74, 6) is 0.585. The Morgan fingerprint density at radius 3 is 2.50 bits per heavy atom. The minimum atomic E-state index is -0.155. The van der Waals surface area contributed by atoms with Crippen LogP contribution in [-0.2, 0) is 6.54 Å². The lowest BCUT2D eigenvalue weighted by Gasteiger charge is -2.05. The predicted molar refractivity (Wildman–Crippen MR) is 96.2 cm³/mol. The number of benzene rings is 1. The lowest BCUT2D eigenvalue weighted by atomic mass is 10.2. The van der Waals surface area contributed by atoms with Crippen LogP contribution in [0.15, 0.2) is 53.9 Å². The Bertz CT molecular complexity index is 836. The molecule has 6 heteroatoms. The van der Waals surface area contributed by atoms with E-state index in [0.29, 0.717) is 22.7 Å². The van der Waals surface area contributed by atoms with E-state index in [1.165, 1.54) is 22.7 Å². The first-order chi connectivity index (χ1) is 11.7. The fraction of sp³-hybridized carbons (Fsp3) is 0.111. The molecule has 2 aromatic heterocycles. The van der Waals surface area contributed by atoms with Crippen molar-refractivity contribution >= 4 is 34.4 Å². The fourth-order valence-corrected chi connectivity index (χ4v) is 3.78. The topological polar surface area (TPSA) is 55.4 Å². The number of amides is 1. The molecule has 0 atom stereocenters. The standard InChI is InChI=1S/C18H15NO3S2/c1-22-13-6-4-12(5-7-13)18(21)19-11-14-8-9-16(24-14)17(20)15-3-2-10-23-15/h2-10H,11H2,1H3,(H,19,21). The van der Waals surface area contributed by atoms with Gasteiger partial charge in [0.05, 0.1) is 23.4 Å². The number of methoxy groups -OCH3 is 1. The van der Waals surface area contributed by atoms with Gasteiger partial charge in [-0.05, 0) is 47.8 Å². The smallest absolute Gasteiger partial charge is 0.251 e. The molecule has 0 spiro atoms. The zero-order valence-corrected chi connectivity index (χ0v) is 14.6. The van der Waals surface area contributed by atoms with Gasteiger partial charge < -0.3 is 10.1 Å². The van der Waals surface area contributed by atoms with Gasteiger partial charge in [0, 0.05) is 10.4 Å². The second-order valence-corrected chi connectivity index (χ2v) is 7.10. The van der Waals surface area contributed by atoms with Gasteiger partial charge in [-0.3, -0.25) is 9.59 Å². The van der Waals surface area contributed by atoms with Crippen LogP contribution < -0.4 is 10.1 Å². The second kappa shape index (κ2) is 7.42. The maximum Gasteiger partial charge on any atom is 0.251 e. The largest absolute Gasteiger partial charge is 0.497 e. The van der Waals surface area contributed by atoms with E-state index in [-0.39, 0.29) is 11.7 Å². The van der Waals surface area contributed by atoms with Crippen LogP contribution in [0.25, 0.3) is 0 Å². The van der Waals surface area contributed by atoms with Gasteiger partial charge in [-0.25, -0.2) is 0 Å². The molecule has 122 valence electrons. The molecule has 2 heterocycles. The SMILES string of the molecule is COc1ccc(C(=O)NCc2ccc(C(=O)c3cccs3)s2)cc1. The van der Waals surface area contributed by atoms with Crippen LogP contribution in [0, 0.1) is 0 Å². The van der Waals surface area contributed by atoms with Gasteiger partial charge in [0.1, 0.15) is 5.75 Å². The molecule has 1 aromatic carbocycles. The van der Waals surface area contributed by atoms with Crippen LogP contribution in [-0.4, -0.2) is 18.8 Å². The Labute approximate surface area is 147 Å². The number of hydrogen-bond acceptors (Lipinski definition) is 5. The Hall–Kier alpha value is -2.44. The molecule has 0 saturated carbocycles. The average Bonchev–Trinajstić information content (AvgIpc) is 3.31. The number of rotatable bonds is 6. The zero-order valence-electron chi connectivity index (χ0n) is 12.9. The van der Waals surface area contributed by atoms with Gasteiger partial charge in [0.2, 0.25) is 5.78 Å². The third-order valence-corrected chi connectivity index (χ3v) is 5.36. The van der Waals surface area contributed by atoms with Crippen molar-refractivity contribution in [3.8, 4) is 5.75 Å². The number of carbonyl (C=O) groups excluding carboxylic acids is 2. The molecule has 4 nitrogen and oxygen atoms in total. The zero-order chi connectivity index (χ0) is 16.9. The molecule has 0 bridgehead atoms. The average molecular weight is 357 g/mol. The fourth-order valence-electron chi connectivity index (χ4n) is 2.14. The molecule has 1 amide bonds. The summed E-state index contributed by atoms with van der Waals surface area (Å²) in [7, 11) is 1.58. The monoisotopic (exact) mass is 357 g/mol. The van der Waals surface area contributed by atoms with E-state index in [0.717, 1.165) is 9.75 Å². The quantitative estimate of drug-likeness (QED) is 0.679. The first-order valence-corrected chi connectivity index (χ1v) is 8.96. The van der Waals surface area contributed by atoms with Gasteiger partial charge in [0.15, 0.2) is 0 Å². The molecule has 0 fully saturated rings. The Kier molecular flexibility index (Phi) is 5.08. The Morgan fingerprint density at radius 2 is 1.83 bits per heavy atom. The highest BCUT2D eigenvalue weighted by Gasteiger charge is 2.13. The summed E-state index contributed by atoms with van der Waals surface area (Å²) in [6.45, 7) is 0.396. The number of ether oxygens (including phenoxy) is 1. The highest BCUT2D eigenvalue weighted by atomic mass is 32.1. The lowest BCUT2D eigenvalue weighted by Crippen LogP contribution is -2.22. The van der Waals surface area contributed by atoms with Gasteiger partial charge in [0.25, 0.3) is 5.91 Å². The van der Waals surface area contributed by atoms with Crippen molar-refractivity contribution in [1.82, 2.24) is 5.32 Å². The van der Waals surface area contributed by atoms with E-state index < -0.39 is 0 Å². The third-order valence-electron chi connectivity index (χ3n) is 3.41. The van der Waals surface area contributed by atoms with E-state index in [1.807, 2.05) is 29.6 Å². The third kappa shape index (κ3) is 3.72. The Balaban J connectivity index is 1.60. The summed E-state index contributed by atoms with van der Waals surface area (Å²) in [5.41, 5.74) is 0.572. The van der Waals surface area contributed by atoms with Gasteiger partial charge in [-0.2, -0.15) is 0 Å². The summed E-state index contributed by atoms with van der Waals surface area (Å²) in [5, 5.41) is 4.75.